The number of ether oxygens (including phenoxy) is 3. The van der Waals surface area contributed by atoms with Crippen molar-refractivity contribution in [2.75, 3.05) is 26.2 Å². The van der Waals surface area contributed by atoms with E-state index >= 15 is 0 Å². The fourth-order valence-corrected chi connectivity index (χ4v) is 10.4. The van der Waals surface area contributed by atoms with E-state index in [-0.39, 0.29) is 63.3 Å². The molecule has 0 radical (unpaired) electrons. The van der Waals surface area contributed by atoms with Crippen LogP contribution in [-0.4, -0.2) is 73.5 Å². The standard InChI is InChI=1S/C25H24N2O3.C24H17F3N2O3.C24H20N2O3/c1-16-11-13-19(15-17(16)2)27-23(26-21-9-5-4-8-20(21)25(27)29)14-12-18-7-6-10-22(30-3)24(18)28;1-32-20-12-6-7-15(22(20)30)13-14-21-28-18-10-4-2-8-16(18)23(31)29(21)19-11-5-3-9-17(19)24(25,26)27;1-16-7-5-9-18(15-16)26-22(25-20-11-4-3-10-19(20)24(26)28)14-13-17-8-6-12-21(29-2)23(17)27/h4-15,20-21,28H,1-3H3;2-14,30H,1H3;3-15,27H,1-2H3/b14-12+;2*14-13+. The molecule has 458 valence electrons. The summed E-state index contributed by atoms with van der Waals surface area (Å²) in [5.74, 6) is 1.61. The quantitative estimate of drug-likeness (QED) is 0.105. The number of hydrogen-bond donors (Lipinski definition) is 3. The number of amidine groups is 1. The van der Waals surface area contributed by atoms with Crippen LogP contribution in [0.25, 0.3) is 63.6 Å². The summed E-state index contributed by atoms with van der Waals surface area (Å²) in [6.07, 6.45) is 12.8. The molecule has 3 heterocycles. The van der Waals surface area contributed by atoms with Crippen molar-refractivity contribution in [3.8, 4) is 45.9 Å². The first kappa shape index (κ1) is 62.5. The predicted octanol–water partition coefficient (Wildman–Crippen LogP) is 14.5. The van der Waals surface area contributed by atoms with E-state index in [1.165, 1.54) is 57.7 Å². The van der Waals surface area contributed by atoms with E-state index < -0.39 is 17.3 Å². The Morgan fingerprint density at radius 2 is 0.989 bits per heavy atom. The molecule has 0 fully saturated rings. The number of alkyl halides is 3. The second kappa shape index (κ2) is 27.2. The van der Waals surface area contributed by atoms with Gasteiger partial charge in [-0.2, -0.15) is 13.2 Å². The molecule has 1 aliphatic heterocycles. The van der Waals surface area contributed by atoms with Crippen LogP contribution in [0.15, 0.2) is 215 Å². The molecule has 3 N–H and O–H groups in total. The molecule has 8 aromatic carbocycles. The van der Waals surface area contributed by atoms with Gasteiger partial charge < -0.3 is 29.5 Å². The number of aromatic nitrogens is 4. The van der Waals surface area contributed by atoms with Crippen molar-refractivity contribution < 1.29 is 47.5 Å². The number of fused-ring (bicyclic) bond motifs is 3. The first-order valence-corrected chi connectivity index (χ1v) is 28.6. The summed E-state index contributed by atoms with van der Waals surface area (Å²) in [6.45, 7) is 6.05. The molecular formula is C73H61F3N6O9. The van der Waals surface area contributed by atoms with Crippen LogP contribution in [0.3, 0.4) is 0 Å². The van der Waals surface area contributed by atoms with Gasteiger partial charge in [0, 0.05) is 16.7 Å². The van der Waals surface area contributed by atoms with E-state index in [0.29, 0.717) is 56.3 Å². The molecule has 1 amide bonds. The highest BCUT2D eigenvalue weighted by Gasteiger charge is 2.37. The monoisotopic (exact) mass is 1220 g/mol. The Kier molecular flexibility index (Phi) is 18.7. The van der Waals surface area contributed by atoms with E-state index in [0.717, 1.165) is 38.7 Å². The molecule has 2 unspecified atom stereocenters. The Bertz CT molecular complexity index is 4730. The SMILES string of the molecule is COc1cccc(/C=C/C2=NC3C=CC=CC3C(=O)N2c2ccc(C)c(C)c2)c1O.COc1cccc(/C=C/c2nc3ccccc3c(=O)n2-c2cccc(C)c2)c1O.COc1cccc(/C=C/c2nc3ccccc3c(=O)n2-c2ccccc2C(F)(F)F)c1O. The number of aromatic hydroxyl groups is 3. The van der Waals surface area contributed by atoms with Gasteiger partial charge in [0.05, 0.1) is 77.7 Å². The normalized spacial score (nSPS) is 14.5. The summed E-state index contributed by atoms with van der Waals surface area (Å²) in [5, 5.41) is 31.8. The van der Waals surface area contributed by atoms with Crippen molar-refractivity contribution in [2.45, 2.75) is 33.0 Å². The second-order valence-corrected chi connectivity index (χ2v) is 21.0. The van der Waals surface area contributed by atoms with E-state index in [4.69, 9.17) is 24.2 Å². The number of hydrogen-bond acceptors (Lipinski definition) is 12. The maximum absolute atomic E-state index is 13.7. The van der Waals surface area contributed by atoms with Crippen molar-refractivity contribution >= 4 is 69.6 Å². The first-order chi connectivity index (χ1) is 43.9. The minimum Gasteiger partial charge on any atom is -0.504 e. The summed E-state index contributed by atoms with van der Waals surface area (Å²) in [4.78, 5) is 55.5. The largest absolute Gasteiger partial charge is 0.504 e. The van der Waals surface area contributed by atoms with Gasteiger partial charge in [-0.05, 0) is 153 Å². The summed E-state index contributed by atoms with van der Waals surface area (Å²) < 4.78 is 59.0. The lowest BCUT2D eigenvalue weighted by molar-refractivity contribution is -0.137. The Morgan fingerprint density at radius 1 is 0.495 bits per heavy atom. The Labute approximate surface area is 521 Å². The number of halogens is 3. The van der Waals surface area contributed by atoms with Crippen LogP contribution in [0.1, 0.15) is 50.6 Å². The van der Waals surface area contributed by atoms with Crippen LogP contribution >= 0.6 is 0 Å². The number of anilines is 1. The summed E-state index contributed by atoms with van der Waals surface area (Å²) in [5.41, 5.74) is 5.23. The number of benzene rings is 8. The topological polar surface area (TPSA) is 191 Å². The van der Waals surface area contributed by atoms with E-state index in [1.807, 2.05) is 106 Å². The highest BCUT2D eigenvalue weighted by atomic mass is 19.4. The van der Waals surface area contributed by atoms with Crippen molar-refractivity contribution in [1.29, 1.82) is 0 Å². The maximum Gasteiger partial charge on any atom is 0.418 e. The Balaban J connectivity index is 0.000000150. The fraction of sp³-hybridized carbons (Fsp3) is 0.123. The van der Waals surface area contributed by atoms with Crippen molar-refractivity contribution in [2.24, 2.45) is 10.9 Å². The van der Waals surface area contributed by atoms with Crippen LogP contribution in [0.5, 0.6) is 34.5 Å². The number of aliphatic imine (C=N–C) groups is 1. The van der Waals surface area contributed by atoms with Gasteiger partial charge in [-0.15, -0.1) is 0 Å². The molecule has 0 bridgehead atoms. The minimum atomic E-state index is -4.67. The molecule has 15 nitrogen and oxygen atoms in total. The number of rotatable bonds is 12. The number of para-hydroxylation sites is 6. The third-order valence-electron chi connectivity index (χ3n) is 15.2. The smallest absolute Gasteiger partial charge is 0.418 e. The van der Waals surface area contributed by atoms with Gasteiger partial charge in [-0.25, -0.2) is 9.97 Å². The van der Waals surface area contributed by atoms with Gasteiger partial charge in [0.1, 0.15) is 17.5 Å². The number of amides is 1. The number of methoxy groups -OCH3 is 3. The average Bonchev–Trinajstić information content (AvgIpc) is 0.914. The van der Waals surface area contributed by atoms with Crippen molar-refractivity contribution in [3.63, 3.8) is 0 Å². The highest BCUT2D eigenvalue weighted by Crippen LogP contribution is 2.37. The van der Waals surface area contributed by atoms with Crippen LogP contribution in [0, 0.1) is 26.7 Å². The van der Waals surface area contributed by atoms with Gasteiger partial charge in [-0.3, -0.25) is 33.4 Å². The fourth-order valence-electron chi connectivity index (χ4n) is 10.4. The number of aryl methyl sites for hydroxylation is 3. The van der Waals surface area contributed by atoms with Crippen LogP contribution < -0.4 is 30.2 Å². The molecule has 91 heavy (non-hydrogen) atoms. The summed E-state index contributed by atoms with van der Waals surface area (Å²) >= 11 is 0. The van der Waals surface area contributed by atoms with Crippen molar-refractivity contribution in [1.82, 2.24) is 19.1 Å². The number of carbonyl (C=O) groups excluding carboxylic acids is 1. The van der Waals surface area contributed by atoms with Crippen molar-refractivity contribution in [3.05, 3.63) is 272 Å². The van der Waals surface area contributed by atoms with E-state index in [1.54, 1.807) is 113 Å². The molecule has 18 heteroatoms. The zero-order valence-electron chi connectivity index (χ0n) is 50.2. The van der Waals surface area contributed by atoms with Crippen LogP contribution in [0.2, 0.25) is 0 Å². The van der Waals surface area contributed by atoms with Crippen LogP contribution in [0.4, 0.5) is 18.9 Å². The van der Waals surface area contributed by atoms with Gasteiger partial charge in [0.2, 0.25) is 5.91 Å². The molecule has 2 aliphatic rings. The zero-order chi connectivity index (χ0) is 64.5. The zero-order valence-corrected chi connectivity index (χ0v) is 50.2. The molecule has 2 aromatic heterocycles. The molecule has 12 rings (SSSR count). The lowest BCUT2D eigenvalue weighted by Crippen LogP contribution is -2.48. The van der Waals surface area contributed by atoms with Crippen LogP contribution in [-0.2, 0) is 11.0 Å². The maximum atomic E-state index is 13.7. The lowest BCUT2D eigenvalue weighted by Gasteiger charge is -2.34. The first-order valence-electron chi connectivity index (χ1n) is 28.6. The van der Waals surface area contributed by atoms with E-state index in [9.17, 15) is 42.9 Å². The molecular weight excluding hydrogens is 1160 g/mol. The number of phenols is 3. The number of phenolic OH excluding ortho intramolecular Hbond substituents is 3. The Hall–Kier alpha value is -11.5. The average molecular weight is 1220 g/mol. The third-order valence-corrected chi connectivity index (χ3v) is 15.2. The number of carbonyl (C=O) groups is 1. The minimum absolute atomic E-state index is 0.0200. The number of nitrogens with zero attached hydrogens (tertiary/aromatic N) is 6. The third kappa shape index (κ3) is 13.5. The predicted molar refractivity (Wildman–Crippen MR) is 352 cm³/mol. The van der Waals surface area contributed by atoms with Gasteiger partial charge in [0.15, 0.2) is 34.5 Å². The second-order valence-electron chi connectivity index (χ2n) is 21.0. The lowest BCUT2D eigenvalue weighted by atomic mass is 9.91. The number of allylic oxidation sites excluding steroid dienone is 2. The molecule has 1 aliphatic carbocycles. The van der Waals surface area contributed by atoms with Gasteiger partial charge >= 0.3 is 6.18 Å². The summed E-state index contributed by atoms with van der Waals surface area (Å²) in [6, 6.07) is 47.3. The molecule has 0 saturated carbocycles. The van der Waals surface area contributed by atoms with Gasteiger partial charge in [0.25, 0.3) is 11.1 Å². The van der Waals surface area contributed by atoms with E-state index in [2.05, 4.69) is 4.98 Å². The summed E-state index contributed by atoms with van der Waals surface area (Å²) in [7, 11) is 4.42. The Morgan fingerprint density at radius 3 is 1.53 bits per heavy atom. The van der Waals surface area contributed by atoms with Gasteiger partial charge in [-0.1, -0.05) is 115 Å². The molecule has 2 atom stereocenters. The molecule has 0 saturated heterocycles. The molecule has 0 spiro atoms. The highest BCUT2D eigenvalue weighted by molar-refractivity contribution is 6.24. The molecule has 10 aromatic rings.